The molecule has 3 aromatic rings. The number of amides is 1. The van der Waals surface area contributed by atoms with Crippen molar-refractivity contribution in [2.75, 3.05) is 26.4 Å². The zero-order chi connectivity index (χ0) is 27.4. The molecule has 2 aromatic carbocycles. The van der Waals surface area contributed by atoms with Gasteiger partial charge in [-0.3, -0.25) is 9.89 Å². The minimum Gasteiger partial charge on any atom is -0.507 e. The number of aryl methyl sites for hydroxylation is 2. The van der Waals surface area contributed by atoms with Crippen LogP contribution in [0.2, 0.25) is 0 Å². The molecule has 8 nitrogen and oxygen atoms in total. The van der Waals surface area contributed by atoms with Crippen molar-refractivity contribution in [2.24, 2.45) is 0 Å². The number of nitrogens with zero attached hydrogens (tertiary/aromatic N) is 2. The van der Waals surface area contributed by atoms with Crippen LogP contribution in [0.1, 0.15) is 79.3 Å². The van der Waals surface area contributed by atoms with E-state index < -0.39 is 6.04 Å². The van der Waals surface area contributed by atoms with Gasteiger partial charge in [-0.05, 0) is 82.3 Å². The standard InChI is InChI=1S/C30H39N3O5/c1-7-13-38-23-11-10-21(17-24(23)36-8-2)28-25-26(22-16-19(5)15-20(6)29(22)34)31-32-27(25)30(35)33(28)12-9-14-37-18(3)4/h10-11,15-18,28,34H,7-9,12-14H2,1-6H3,(H,31,32). The van der Waals surface area contributed by atoms with E-state index in [2.05, 4.69) is 17.1 Å². The second kappa shape index (κ2) is 11.9. The van der Waals surface area contributed by atoms with E-state index in [1.54, 1.807) is 0 Å². The summed E-state index contributed by atoms with van der Waals surface area (Å²) >= 11 is 0. The van der Waals surface area contributed by atoms with Gasteiger partial charge >= 0.3 is 0 Å². The highest BCUT2D eigenvalue weighted by molar-refractivity contribution is 6.00. The first kappa shape index (κ1) is 27.5. The molecule has 0 saturated heterocycles. The van der Waals surface area contributed by atoms with Crippen molar-refractivity contribution in [1.29, 1.82) is 0 Å². The summed E-state index contributed by atoms with van der Waals surface area (Å²) in [6.45, 7) is 14.0. The van der Waals surface area contributed by atoms with Crippen LogP contribution in [0.25, 0.3) is 11.3 Å². The molecule has 0 spiro atoms. The van der Waals surface area contributed by atoms with Crippen LogP contribution >= 0.6 is 0 Å². The van der Waals surface area contributed by atoms with Gasteiger partial charge in [-0.1, -0.05) is 19.1 Å². The number of nitrogens with one attached hydrogen (secondary N) is 1. The molecule has 2 N–H and O–H groups in total. The monoisotopic (exact) mass is 521 g/mol. The van der Waals surface area contributed by atoms with Crippen LogP contribution < -0.4 is 9.47 Å². The number of hydrogen-bond acceptors (Lipinski definition) is 6. The molecular weight excluding hydrogens is 482 g/mol. The molecule has 1 aromatic heterocycles. The molecule has 8 heteroatoms. The predicted molar refractivity (Wildman–Crippen MR) is 147 cm³/mol. The Bertz CT molecular complexity index is 1280. The van der Waals surface area contributed by atoms with Gasteiger partial charge in [0, 0.05) is 24.3 Å². The van der Waals surface area contributed by atoms with Crippen molar-refractivity contribution in [3.8, 4) is 28.5 Å². The van der Waals surface area contributed by atoms with Crippen LogP contribution in [0, 0.1) is 13.8 Å². The van der Waals surface area contributed by atoms with Gasteiger partial charge in [0.25, 0.3) is 5.91 Å². The molecular formula is C30H39N3O5. The van der Waals surface area contributed by atoms with Gasteiger partial charge in [0.1, 0.15) is 17.1 Å². The molecule has 1 unspecified atom stereocenters. The van der Waals surface area contributed by atoms with Crippen molar-refractivity contribution in [1.82, 2.24) is 15.1 Å². The molecule has 1 aliphatic heterocycles. The van der Waals surface area contributed by atoms with E-state index in [0.29, 0.717) is 61.2 Å². The highest BCUT2D eigenvalue weighted by atomic mass is 16.5. The number of carbonyl (C=O) groups excluding carboxylic acids is 1. The van der Waals surface area contributed by atoms with Crippen molar-refractivity contribution in [2.45, 2.75) is 66.5 Å². The predicted octanol–water partition coefficient (Wildman–Crippen LogP) is 5.95. The fraction of sp³-hybridized carbons (Fsp3) is 0.467. The lowest BCUT2D eigenvalue weighted by atomic mass is 9.94. The summed E-state index contributed by atoms with van der Waals surface area (Å²) in [5.41, 5.74) is 5.04. The SMILES string of the molecule is CCCOc1ccc(C2c3c(-c4cc(C)cc(C)c4O)n[nH]c3C(=O)N2CCCOC(C)C)cc1OCC. The van der Waals surface area contributed by atoms with E-state index in [4.69, 9.17) is 14.2 Å². The molecule has 4 rings (SSSR count). The number of carbonyl (C=O) groups is 1. The fourth-order valence-corrected chi connectivity index (χ4v) is 4.97. The third-order valence-corrected chi connectivity index (χ3v) is 6.60. The quantitative estimate of drug-likeness (QED) is 0.286. The first-order valence-corrected chi connectivity index (χ1v) is 13.5. The Kier molecular flexibility index (Phi) is 8.62. The smallest absolute Gasteiger partial charge is 0.273 e. The number of phenolic OH excluding ortho intramolecular Hbond substituents is 1. The second-order valence-electron chi connectivity index (χ2n) is 10.0. The van der Waals surface area contributed by atoms with E-state index in [0.717, 1.165) is 28.7 Å². The van der Waals surface area contributed by atoms with E-state index in [-0.39, 0.29) is 17.8 Å². The molecule has 0 bridgehead atoms. The van der Waals surface area contributed by atoms with Crippen molar-refractivity contribution in [3.05, 3.63) is 58.3 Å². The van der Waals surface area contributed by atoms with Crippen LogP contribution in [-0.4, -0.2) is 58.6 Å². The van der Waals surface area contributed by atoms with Gasteiger partial charge in [0.05, 0.1) is 25.4 Å². The molecule has 1 aliphatic rings. The van der Waals surface area contributed by atoms with Gasteiger partial charge in [-0.25, -0.2) is 0 Å². The molecule has 38 heavy (non-hydrogen) atoms. The van der Waals surface area contributed by atoms with Crippen molar-refractivity contribution in [3.63, 3.8) is 0 Å². The number of rotatable bonds is 12. The summed E-state index contributed by atoms with van der Waals surface area (Å²) in [6.07, 6.45) is 1.70. The summed E-state index contributed by atoms with van der Waals surface area (Å²) in [5.74, 6) is 1.36. The third kappa shape index (κ3) is 5.50. The summed E-state index contributed by atoms with van der Waals surface area (Å²) < 4.78 is 17.6. The number of aromatic amines is 1. The Hall–Kier alpha value is -3.52. The normalized spacial score (nSPS) is 14.9. The molecule has 0 radical (unpaired) electrons. The van der Waals surface area contributed by atoms with E-state index in [1.807, 2.05) is 69.9 Å². The van der Waals surface area contributed by atoms with Crippen molar-refractivity contribution >= 4 is 5.91 Å². The van der Waals surface area contributed by atoms with Crippen molar-refractivity contribution < 1.29 is 24.1 Å². The number of phenols is 1. The van der Waals surface area contributed by atoms with Gasteiger partial charge in [0.2, 0.25) is 0 Å². The van der Waals surface area contributed by atoms with Crippen LogP contribution in [0.3, 0.4) is 0 Å². The Morgan fingerprint density at radius 3 is 2.58 bits per heavy atom. The minimum absolute atomic E-state index is 0.124. The molecule has 1 amide bonds. The van der Waals surface area contributed by atoms with Crippen LogP contribution in [0.4, 0.5) is 0 Å². The lowest BCUT2D eigenvalue weighted by Crippen LogP contribution is -2.31. The Balaban J connectivity index is 1.82. The number of aromatic hydroxyl groups is 1. The summed E-state index contributed by atoms with van der Waals surface area (Å²) in [7, 11) is 0. The zero-order valence-electron chi connectivity index (χ0n) is 23.3. The molecule has 0 fully saturated rings. The molecule has 0 saturated carbocycles. The van der Waals surface area contributed by atoms with Gasteiger partial charge in [-0.15, -0.1) is 0 Å². The second-order valence-corrected chi connectivity index (χ2v) is 10.0. The Morgan fingerprint density at radius 2 is 1.87 bits per heavy atom. The van der Waals surface area contributed by atoms with Crippen LogP contribution in [-0.2, 0) is 4.74 Å². The van der Waals surface area contributed by atoms with E-state index in [1.165, 1.54) is 0 Å². The van der Waals surface area contributed by atoms with E-state index in [9.17, 15) is 9.90 Å². The maximum absolute atomic E-state index is 13.7. The summed E-state index contributed by atoms with van der Waals surface area (Å²) in [6, 6.07) is 9.27. The first-order valence-electron chi connectivity index (χ1n) is 13.5. The van der Waals surface area contributed by atoms with Gasteiger partial charge < -0.3 is 24.2 Å². The number of fused-ring (bicyclic) bond motifs is 1. The minimum atomic E-state index is -0.412. The van der Waals surface area contributed by atoms with Gasteiger partial charge in [0.15, 0.2) is 11.5 Å². The Labute approximate surface area is 224 Å². The molecule has 204 valence electrons. The number of aromatic nitrogens is 2. The lowest BCUT2D eigenvalue weighted by Gasteiger charge is -2.27. The maximum Gasteiger partial charge on any atom is 0.273 e. The molecule has 2 heterocycles. The number of benzene rings is 2. The van der Waals surface area contributed by atoms with Crippen LogP contribution in [0.15, 0.2) is 30.3 Å². The van der Waals surface area contributed by atoms with Crippen LogP contribution in [0.5, 0.6) is 17.2 Å². The maximum atomic E-state index is 13.7. The van der Waals surface area contributed by atoms with E-state index >= 15 is 0 Å². The first-order chi connectivity index (χ1) is 18.3. The highest BCUT2D eigenvalue weighted by Gasteiger charge is 2.42. The number of ether oxygens (including phenoxy) is 3. The topological polar surface area (TPSA) is 96.9 Å². The summed E-state index contributed by atoms with van der Waals surface area (Å²) in [4.78, 5) is 15.5. The average molecular weight is 522 g/mol. The van der Waals surface area contributed by atoms with Gasteiger partial charge in [-0.2, -0.15) is 5.10 Å². The largest absolute Gasteiger partial charge is 0.507 e. The lowest BCUT2D eigenvalue weighted by molar-refractivity contribution is 0.0601. The Morgan fingerprint density at radius 1 is 1.08 bits per heavy atom. The number of hydrogen-bond donors (Lipinski definition) is 2. The fourth-order valence-electron chi connectivity index (χ4n) is 4.97. The third-order valence-electron chi connectivity index (χ3n) is 6.60. The zero-order valence-corrected chi connectivity index (χ0v) is 23.3. The summed E-state index contributed by atoms with van der Waals surface area (Å²) in [5, 5.41) is 18.5. The number of H-pyrrole nitrogens is 1. The molecule has 1 atom stereocenters. The average Bonchev–Trinajstić information content (AvgIpc) is 3.42. The molecule has 0 aliphatic carbocycles. The highest BCUT2D eigenvalue weighted by Crippen LogP contribution is 2.46.